The summed E-state index contributed by atoms with van der Waals surface area (Å²) in [5, 5.41) is 5.35. The number of rotatable bonds is 4. The minimum absolute atomic E-state index is 0.849. The van der Waals surface area contributed by atoms with E-state index < -0.39 is 0 Å². The molecule has 1 N–H and O–H groups in total. The van der Waals surface area contributed by atoms with Gasteiger partial charge in [0.05, 0.1) is 4.47 Å². The number of halogens is 1. The number of hydrogen-bond donors (Lipinski definition) is 1. The minimum Gasteiger partial charge on any atom is -0.369 e. The van der Waals surface area contributed by atoms with Gasteiger partial charge in [-0.05, 0) is 33.8 Å². The zero-order valence-corrected chi connectivity index (χ0v) is 10.4. The summed E-state index contributed by atoms with van der Waals surface area (Å²) in [7, 11) is 0. The molecule has 3 nitrogen and oxygen atoms in total. The fraction of sp³-hybridized carbons (Fsp3) is 0.200. The van der Waals surface area contributed by atoms with Gasteiger partial charge < -0.3 is 5.32 Å². The van der Waals surface area contributed by atoms with Gasteiger partial charge in [0.25, 0.3) is 0 Å². The molecule has 0 aromatic carbocycles. The Morgan fingerprint density at radius 2 is 2.40 bits per heavy atom. The van der Waals surface area contributed by atoms with Gasteiger partial charge >= 0.3 is 0 Å². The third-order valence-corrected chi connectivity index (χ3v) is 3.43. The van der Waals surface area contributed by atoms with Crippen LogP contribution in [0.3, 0.4) is 0 Å². The lowest BCUT2D eigenvalue weighted by atomic mass is 10.3. The number of nitrogens with zero attached hydrogens (tertiary/aromatic N) is 2. The monoisotopic (exact) mass is 283 g/mol. The van der Waals surface area contributed by atoms with E-state index in [9.17, 15) is 0 Å². The first-order chi connectivity index (χ1) is 7.36. The summed E-state index contributed by atoms with van der Waals surface area (Å²) in [4.78, 5) is 9.42. The van der Waals surface area contributed by atoms with E-state index in [0.29, 0.717) is 0 Å². The van der Waals surface area contributed by atoms with Crippen LogP contribution in [0.15, 0.2) is 34.5 Å². The van der Waals surface area contributed by atoms with Crippen LogP contribution in [0.2, 0.25) is 0 Å². The van der Waals surface area contributed by atoms with E-state index in [1.807, 2.05) is 0 Å². The van der Waals surface area contributed by atoms with Crippen molar-refractivity contribution in [3.8, 4) is 0 Å². The van der Waals surface area contributed by atoms with E-state index in [2.05, 4.69) is 48.7 Å². The first-order valence-electron chi connectivity index (χ1n) is 4.58. The van der Waals surface area contributed by atoms with Crippen molar-refractivity contribution in [2.24, 2.45) is 0 Å². The third kappa shape index (κ3) is 3.00. The van der Waals surface area contributed by atoms with Crippen molar-refractivity contribution in [3.63, 3.8) is 0 Å². The molecule has 0 unspecified atom stereocenters. The van der Waals surface area contributed by atoms with Crippen molar-refractivity contribution in [2.45, 2.75) is 6.42 Å². The van der Waals surface area contributed by atoms with Crippen LogP contribution >= 0.6 is 27.3 Å². The number of anilines is 1. The van der Waals surface area contributed by atoms with Crippen LogP contribution in [-0.2, 0) is 6.42 Å². The van der Waals surface area contributed by atoms with Gasteiger partial charge in [-0.3, -0.25) is 0 Å². The molecule has 0 aliphatic carbocycles. The lowest BCUT2D eigenvalue weighted by Gasteiger charge is -2.05. The van der Waals surface area contributed by atoms with Crippen LogP contribution in [0, 0.1) is 0 Å². The van der Waals surface area contributed by atoms with Crippen LogP contribution in [0.4, 0.5) is 5.82 Å². The zero-order chi connectivity index (χ0) is 10.5. The Kier molecular flexibility index (Phi) is 3.69. The number of thiophene rings is 1. The SMILES string of the molecule is Brc1cncnc1NCCc1cccs1. The molecule has 0 saturated carbocycles. The van der Waals surface area contributed by atoms with E-state index in [4.69, 9.17) is 0 Å². The van der Waals surface area contributed by atoms with Crippen LogP contribution in [0.1, 0.15) is 4.88 Å². The lowest BCUT2D eigenvalue weighted by Crippen LogP contribution is -2.06. The fourth-order valence-corrected chi connectivity index (χ4v) is 2.27. The van der Waals surface area contributed by atoms with Gasteiger partial charge in [-0.1, -0.05) is 6.07 Å². The van der Waals surface area contributed by atoms with Crippen molar-refractivity contribution in [3.05, 3.63) is 39.4 Å². The number of hydrogen-bond acceptors (Lipinski definition) is 4. The molecule has 0 fully saturated rings. The highest BCUT2D eigenvalue weighted by Gasteiger charge is 1.99. The lowest BCUT2D eigenvalue weighted by molar-refractivity contribution is 1.01. The van der Waals surface area contributed by atoms with E-state index in [-0.39, 0.29) is 0 Å². The number of nitrogens with one attached hydrogen (secondary N) is 1. The summed E-state index contributed by atoms with van der Waals surface area (Å²) in [5.74, 6) is 0.849. The Bertz CT molecular complexity index is 416. The summed E-state index contributed by atoms with van der Waals surface area (Å²) in [6, 6.07) is 4.21. The Labute approximate surface area is 101 Å². The molecular weight excluding hydrogens is 274 g/mol. The third-order valence-electron chi connectivity index (χ3n) is 1.91. The summed E-state index contributed by atoms with van der Waals surface area (Å²) >= 11 is 5.17. The van der Waals surface area contributed by atoms with Crippen molar-refractivity contribution < 1.29 is 0 Å². The first kappa shape index (κ1) is 10.6. The summed E-state index contributed by atoms with van der Waals surface area (Å²) in [6.07, 6.45) is 4.30. The average Bonchev–Trinajstić information content (AvgIpc) is 2.74. The Morgan fingerprint density at radius 3 is 3.13 bits per heavy atom. The van der Waals surface area contributed by atoms with Crippen LogP contribution < -0.4 is 5.32 Å². The molecule has 0 saturated heterocycles. The second kappa shape index (κ2) is 5.23. The Hall–Kier alpha value is -0.940. The van der Waals surface area contributed by atoms with Crippen LogP contribution in [-0.4, -0.2) is 16.5 Å². The largest absolute Gasteiger partial charge is 0.369 e. The molecule has 2 heterocycles. The van der Waals surface area contributed by atoms with Crippen molar-refractivity contribution in [2.75, 3.05) is 11.9 Å². The van der Waals surface area contributed by atoms with Crippen molar-refractivity contribution in [1.82, 2.24) is 9.97 Å². The highest BCUT2D eigenvalue weighted by molar-refractivity contribution is 9.10. The van der Waals surface area contributed by atoms with Gasteiger partial charge in [0.15, 0.2) is 0 Å². The summed E-state index contributed by atoms with van der Waals surface area (Å²) < 4.78 is 0.899. The molecule has 78 valence electrons. The molecule has 2 aromatic heterocycles. The van der Waals surface area contributed by atoms with Crippen LogP contribution in [0.25, 0.3) is 0 Å². The van der Waals surface area contributed by atoms with Gasteiger partial charge in [0.2, 0.25) is 0 Å². The molecule has 0 bridgehead atoms. The van der Waals surface area contributed by atoms with Gasteiger partial charge in [0, 0.05) is 17.6 Å². The standard InChI is InChI=1S/C10H10BrN3S/c11-9-6-12-7-14-10(9)13-4-3-8-2-1-5-15-8/h1-2,5-7H,3-4H2,(H,12,13,14). The van der Waals surface area contributed by atoms with Crippen molar-refractivity contribution in [1.29, 1.82) is 0 Å². The summed E-state index contributed by atoms with van der Waals surface area (Å²) in [5.41, 5.74) is 0. The zero-order valence-electron chi connectivity index (χ0n) is 7.98. The molecule has 2 aromatic rings. The van der Waals surface area contributed by atoms with E-state index in [0.717, 1.165) is 23.3 Å². The smallest absolute Gasteiger partial charge is 0.143 e. The van der Waals surface area contributed by atoms with E-state index in [1.165, 1.54) is 11.2 Å². The second-order valence-corrected chi connectivity index (χ2v) is 4.86. The van der Waals surface area contributed by atoms with Crippen LogP contribution in [0.5, 0.6) is 0 Å². The van der Waals surface area contributed by atoms with Gasteiger partial charge in [-0.15, -0.1) is 11.3 Å². The predicted molar refractivity (Wildman–Crippen MR) is 66.2 cm³/mol. The van der Waals surface area contributed by atoms with Gasteiger partial charge in [0.1, 0.15) is 12.1 Å². The summed E-state index contributed by atoms with van der Waals surface area (Å²) in [6.45, 7) is 0.885. The van der Waals surface area contributed by atoms with Gasteiger partial charge in [-0.25, -0.2) is 9.97 Å². The molecular formula is C10H10BrN3S. The maximum atomic E-state index is 4.13. The molecule has 0 atom stereocenters. The molecule has 2 rings (SSSR count). The molecule has 5 heteroatoms. The highest BCUT2D eigenvalue weighted by atomic mass is 79.9. The fourth-order valence-electron chi connectivity index (χ4n) is 1.20. The average molecular weight is 284 g/mol. The highest BCUT2D eigenvalue weighted by Crippen LogP contribution is 2.17. The Morgan fingerprint density at radius 1 is 1.47 bits per heavy atom. The quantitative estimate of drug-likeness (QED) is 0.938. The van der Waals surface area contributed by atoms with E-state index >= 15 is 0 Å². The minimum atomic E-state index is 0.849. The molecule has 0 amide bonds. The topological polar surface area (TPSA) is 37.8 Å². The Balaban J connectivity index is 1.86. The predicted octanol–water partition coefficient (Wildman–Crippen LogP) is 2.96. The maximum Gasteiger partial charge on any atom is 0.143 e. The first-order valence-corrected chi connectivity index (χ1v) is 6.25. The molecule has 15 heavy (non-hydrogen) atoms. The van der Waals surface area contributed by atoms with E-state index in [1.54, 1.807) is 17.5 Å². The molecule has 0 radical (unpaired) electrons. The molecule has 0 spiro atoms. The molecule has 0 aliphatic heterocycles. The second-order valence-electron chi connectivity index (χ2n) is 2.98. The normalized spacial score (nSPS) is 10.2. The van der Waals surface area contributed by atoms with Crippen molar-refractivity contribution >= 4 is 33.1 Å². The number of aromatic nitrogens is 2. The van der Waals surface area contributed by atoms with Gasteiger partial charge in [-0.2, -0.15) is 0 Å². The molecule has 0 aliphatic rings. The maximum absolute atomic E-state index is 4.13.